The molecule has 0 bridgehead atoms. The number of hydrogen-bond acceptors (Lipinski definition) is 5. The van der Waals surface area contributed by atoms with Gasteiger partial charge in [-0.15, -0.1) is 0 Å². The lowest BCUT2D eigenvalue weighted by atomic mass is 10.2. The summed E-state index contributed by atoms with van der Waals surface area (Å²) < 4.78 is 9.06. The number of aromatic nitrogens is 4. The molecule has 4 rings (SSSR count). The van der Waals surface area contributed by atoms with Crippen LogP contribution in [0.25, 0.3) is 11.0 Å². The average molecular weight is 465 g/mol. The molecule has 2 heterocycles. The van der Waals surface area contributed by atoms with Gasteiger partial charge < -0.3 is 9.30 Å². The number of hydrazone groups is 1. The maximum absolute atomic E-state index is 12.6. The van der Waals surface area contributed by atoms with Crippen molar-refractivity contribution in [2.75, 3.05) is 7.11 Å². The first-order valence-electron chi connectivity index (χ1n) is 10.6. The summed E-state index contributed by atoms with van der Waals surface area (Å²) in [7, 11) is 1.63. The fourth-order valence-electron chi connectivity index (χ4n) is 3.77. The number of methoxy groups -OCH3 is 1. The van der Waals surface area contributed by atoms with Crippen molar-refractivity contribution < 1.29 is 9.53 Å². The molecule has 0 aliphatic rings. The normalized spacial score (nSPS) is 11.4. The van der Waals surface area contributed by atoms with Crippen molar-refractivity contribution in [2.45, 2.75) is 33.9 Å². The molecule has 8 nitrogen and oxygen atoms in total. The molecule has 0 aliphatic carbocycles. The zero-order valence-electron chi connectivity index (χ0n) is 19.0. The Kier molecular flexibility index (Phi) is 6.46. The molecule has 1 amide bonds. The summed E-state index contributed by atoms with van der Waals surface area (Å²) in [4.78, 5) is 17.1. The predicted molar refractivity (Wildman–Crippen MR) is 129 cm³/mol. The summed E-state index contributed by atoms with van der Waals surface area (Å²) in [5, 5.41) is 9.04. The number of ether oxygens (including phenoxy) is 1. The van der Waals surface area contributed by atoms with Gasteiger partial charge in [-0.2, -0.15) is 10.2 Å². The molecular weight excluding hydrogens is 440 g/mol. The van der Waals surface area contributed by atoms with Crippen molar-refractivity contribution in [1.82, 2.24) is 24.8 Å². The summed E-state index contributed by atoms with van der Waals surface area (Å²) in [6, 6.07) is 13.2. The third kappa shape index (κ3) is 4.61. The van der Waals surface area contributed by atoms with E-state index in [2.05, 4.69) is 32.1 Å². The summed E-state index contributed by atoms with van der Waals surface area (Å²) in [5.41, 5.74) is 7.19. The Hall–Kier alpha value is -3.65. The third-order valence-corrected chi connectivity index (χ3v) is 5.85. The SMILES string of the molecule is CCn1c(C)nc2cc(C(=O)N/N=C\c3c(C)nn(Cc4cccc(OC)c4)c3Cl)ccc21. The highest BCUT2D eigenvalue weighted by atomic mass is 35.5. The second kappa shape index (κ2) is 9.46. The molecule has 0 saturated carbocycles. The summed E-state index contributed by atoms with van der Waals surface area (Å²) in [6.45, 7) is 7.17. The lowest BCUT2D eigenvalue weighted by Crippen LogP contribution is -2.17. The molecule has 0 radical (unpaired) electrons. The van der Waals surface area contributed by atoms with Crippen LogP contribution in [0.4, 0.5) is 0 Å². The topological polar surface area (TPSA) is 86.3 Å². The average Bonchev–Trinajstić information content (AvgIpc) is 3.27. The molecule has 0 unspecified atom stereocenters. The molecule has 0 saturated heterocycles. The van der Waals surface area contributed by atoms with Gasteiger partial charge in [-0.3, -0.25) is 4.79 Å². The fraction of sp³-hybridized carbons (Fsp3) is 0.250. The highest BCUT2D eigenvalue weighted by molar-refractivity contribution is 6.32. The van der Waals surface area contributed by atoms with Gasteiger partial charge in [0.2, 0.25) is 0 Å². The first-order chi connectivity index (χ1) is 15.9. The molecule has 33 heavy (non-hydrogen) atoms. The van der Waals surface area contributed by atoms with Gasteiger partial charge in [0.05, 0.1) is 42.2 Å². The number of rotatable bonds is 7. The minimum absolute atomic E-state index is 0.325. The quantitative estimate of drug-likeness (QED) is 0.325. The van der Waals surface area contributed by atoms with Crippen molar-refractivity contribution in [3.8, 4) is 5.75 Å². The standard InChI is InChI=1S/C24H25ClN6O2/c1-5-30-16(3)27-21-12-18(9-10-22(21)30)24(32)28-26-13-20-15(2)29-31(23(20)25)14-17-7-6-8-19(11-17)33-4/h6-13H,5,14H2,1-4H3,(H,28,32)/b26-13-. The Bertz CT molecular complexity index is 1350. The summed E-state index contributed by atoms with van der Waals surface area (Å²) in [6.07, 6.45) is 1.51. The van der Waals surface area contributed by atoms with Gasteiger partial charge in [0.15, 0.2) is 0 Å². The number of nitrogens with one attached hydrogen (secondary N) is 1. The van der Waals surface area contributed by atoms with Gasteiger partial charge in [-0.05, 0) is 56.7 Å². The number of amides is 1. The fourth-order valence-corrected chi connectivity index (χ4v) is 4.06. The smallest absolute Gasteiger partial charge is 0.271 e. The van der Waals surface area contributed by atoms with Gasteiger partial charge in [0.25, 0.3) is 5.91 Å². The molecule has 0 atom stereocenters. The van der Waals surface area contributed by atoms with Crippen LogP contribution >= 0.6 is 11.6 Å². The first kappa shape index (κ1) is 22.5. The van der Waals surface area contributed by atoms with E-state index in [1.807, 2.05) is 44.2 Å². The highest BCUT2D eigenvalue weighted by Crippen LogP contribution is 2.21. The zero-order valence-corrected chi connectivity index (χ0v) is 19.7. The molecule has 2 aromatic carbocycles. The lowest BCUT2D eigenvalue weighted by molar-refractivity contribution is 0.0955. The van der Waals surface area contributed by atoms with E-state index in [1.54, 1.807) is 23.9 Å². The second-order valence-corrected chi connectivity index (χ2v) is 7.96. The Morgan fingerprint density at radius 2 is 2.06 bits per heavy atom. The van der Waals surface area contributed by atoms with Gasteiger partial charge >= 0.3 is 0 Å². The number of carbonyl (C=O) groups is 1. The van der Waals surface area contributed by atoms with E-state index < -0.39 is 0 Å². The molecule has 2 aromatic heterocycles. The van der Waals surface area contributed by atoms with Crippen LogP contribution < -0.4 is 10.2 Å². The van der Waals surface area contributed by atoms with Crippen LogP contribution in [0.15, 0.2) is 47.6 Å². The number of nitrogens with zero attached hydrogens (tertiary/aromatic N) is 5. The van der Waals surface area contributed by atoms with Crippen LogP contribution in [0.1, 0.15) is 39.9 Å². The largest absolute Gasteiger partial charge is 0.497 e. The minimum atomic E-state index is -0.325. The van der Waals surface area contributed by atoms with Crippen LogP contribution in [0.3, 0.4) is 0 Å². The molecule has 0 aliphatic heterocycles. The molecule has 1 N–H and O–H groups in total. The number of imidazole rings is 1. The van der Waals surface area contributed by atoms with Crippen LogP contribution in [0.2, 0.25) is 5.15 Å². The number of fused-ring (bicyclic) bond motifs is 1. The van der Waals surface area contributed by atoms with Gasteiger partial charge in [0, 0.05) is 12.1 Å². The van der Waals surface area contributed by atoms with E-state index in [-0.39, 0.29) is 5.91 Å². The predicted octanol–water partition coefficient (Wildman–Crippen LogP) is 4.34. The van der Waals surface area contributed by atoms with Gasteiger partial charge in [0.1, 0.15) is 16.7 Å². The first-order valence-corrected chi connectivity index (χ1v) is 10.9. The van der Waals surface area contributed by atoms with Crippen molar-refractivity contribution in [3.63, 3.8) is 0 Å². The second-order valence-electron chi connectivity index (χ2n) is 7.60. The van der Waals surface area contributed by atoms with Crippen molar-refractivity contribution >= 4 is 34.8 Å². The van der Waals surface area contributed by atoms with Gasteiger partial charge in [-0.1, -0.05) is 23.7 Å². The Morgan fingerprint density at radius 1 is 1.24 bits per heavy atom. The van der Waals surface area contributed by atoms with E-state index in [1.165, 1.54) is 6.21 Å². The Balaban J connectivity index is 1.48. The third-order valence-electron chi connectivity index (χ3n) is 5.45. The Morgan fingerprint density at radius 3 is 2.82 bits per heavy atom. The molecular formula is C24H25ClN6O2. The number of benzene rings is 2. The molecule has 4 aromatic rings. The van der Waals surface area contributed by atoms with Gasteiger partial charge in [-0.25, -0.2) is 15.1 Å². The number of aryl methyl sites for hydroxylation is 3. The minimum Gasteiger partial charge on any atom is -0.497 e. The maximum Gasteiger partial charge on any atom is 0.271 e. The maximum atomic E-state index is 12.6. The molecule has 170 valence electrons. The van der Waals surface area contributed by atoms with Crippen LogP contribution in [-0.4, -0.2) is 38.6 Å². The van der Waals surface area contributed by atoms with Crippen molar-refractivity contribution in [3.05, 3.63) is 75.8 Å². The monoisotopic (exact) mass is 464 g/mol. The summed E-state index contributed by atoms with van der Waals surface area (Å²) in [5.74, 6) is 1.36. The number of carbonyl (C=O) groups excluding carboxylic acids is 1. The highest BCUT2D eigenvalue weighted by Gasteiger charge is 2.14. The van der Waals surface area contributed by atoms with E-state index in [4.69, 9.17) is 16.3 Å². The van der Waals surface area contributed by atoms with Crippen LogP contribution in [0.5, 0.6) is 5.75 Å². The van der Waals surface area contributed by atoms with Crippen molar-refractivity contribution in [1.29, 1.82) is 0 Å². The summed E-state index contributed by atoms with van der Waals surface area (Å²) >= 11 is 6.54. The molecule has 0 spiro atoms. The molecule has 0 fully saturated rings. The molecule has 9 heteroatoms. The van der Waals surface area contributed by atoms with Crippen LogP contribution in [-0.2, 0) is 13.1 Å². The van der Waals surface area contributed by atoms with E-state index in [9.17, 15) is 4.79 Å². The van der Waals surface area contributed by atoms with Crippen molar-refractivity contribution in [2.24, 2.45) is 5.10 Å². The zero-order chi connectivity index (χ0) is 23.5. The van der Waals surface area contributed by atoms with E-state index in [0.29, 0.717) is 28.5 Å². The van der Waals surface area contributed by atoms with Crippen LogP contribution in [0, 0.1) is 13.8 Å². The van der Waals surface area contributed by atoms with E-state index in [0.717, 1.165) is 34.7 Å². The number of hydrogen-bond donors (Lipinski definition) is 1. The van der Waals surface area contributed by atoms with E-state index >= 15 is 0 Å². The number of halogens is 1. The Labute approximate surface area is 196 Å². The lowest BCUT2D eigenvalue weighted by Gasteiger charge is -2.06.